The lowest BCUT2D eigenvalue weighted by Gasteiger charge is -2.22. The predicted octanol–water partition coefficient (Wildman–Crippen LogP) is 3.80. The van der Waals surface area contributed by atoms with E-state index in [1.807, 2.05) is 6.07 Å². The predicted molar refractivity (Wildman–Crippen MR) is 67.6 cm³/mol. The molecule has 2 rings (SSSR count). The van der Waals surface area contributed by atoms with Crippen molar-refractivity contribution in [3.63, 3.8) is 0 Å². The zero-order valence-corrected chi connectivity index (χ0v) is 10.3. The maximum Gasteiger partial charge on any atom is 0.126 e. The lowest BCUT2D eigenvalue weighted by molar-refractivity contribution is 0.288. The first-order valence-electron chi connectivity index (χ1n) is 6.70. The first kappa shape index (κ1) is 12.6. The first-order valence-corrected chi connectivity index (χ1v) is 6.70. The number of rotatable bonds is 4. The van der Waals surface area contributed by atoms with Crippen LogP contribution in [0.3, 0.4) is 0 Å². The van der Waals surface area contributed by atoms with Crippen LogP contribution in [0.25, 0.3) is 0 Å². The van der Waals surface area contributed by atoms with E-state index >= 15 is 0 Å². The van der Waals surface area contributed by atoms with Gasteiger partial charge in [-0.3, -0.25) is 0 Å². The highest BCUT2D eigenvalue weighted by molar-refractivity contribution is 5.27. The molecule has 1 fully saturated rings. The zero-order chi connectivity index (χ0) is 12.1. The molecule has 1 N–H and O–H groups in total. The number of aliphatic hydroxyl groups excluding tert-OH is 1. The van der Waals surface area contributed by atoms with Crippen LogP contribution in [0.2, 0.25) is 0 Å². The van der Waals surface area contributed by atoms with Gasteiger partial charge in [-0.15, -0.1) is 0 Å². The molecule has 94 valence electrons. The molecule has 0 bridgehead atoms. The Hall–Kier alpha value is -0.890. The summed E-state index contributed by atoms with van der Waals surface area (Å²) in [6.45, 7) is 0.129. The summed E-state index contributed by atoms with van der Waals surface area (Å²) in [5, 5.41) is 8.75. The van der Waals surface area contributed by atoms with E-state index < -0.39 is 0 Å². The van der Waals surface area contributed by atoms with Crippen molar-refractivity contribution < 1.29 is 9.50 Å². The standard InChI is InChI=1S/C15H21FO/c16-15-11-14(12-5-2-1-3-6-12)9-8-13(15)7-4-10-17/h8-9,11-12,17H,1-7,10H2. The van der Waals surface area contributed by atoms with Crippen LogP contribution in [0.4, 0.5) is 4.39 Å². The monoisotopic (exact) mass is 236 g/mol. The summed E-state index contributed by atoms with van der Waals surface area (Å²) in [5.74, 6) is 0.465. The van der Waals surface area contributed by atoms with Crippen LogP contribution in [-0.2, 0) is 6.42 Å². The van der Waals surface area contributed by atoms with Crippen molar-refractivity contribution in [1.29, 1.82) is 0 Å². The van der Waals surface area contributed by atoms with Crippen LogP contribution in [0.5, 0.6) is 0 Å². The second-order valence-corrected chi connectivity index (χ2v) is 5.01. The Morgan fingerprint density at radius 2 is 1.94 bits per heavy atom. The molecule has 0 aliphatic heterocycles. The van der Waals surface area contributed by atoms with Crippen LogP contribution >= 0.6 is 0 Å². The highest BCUT2D eigenvalue weighted by atomic mass is 19.1. The van der Waals surface area contributed by atoms with Crippen molar-refractivity contribution in [1.82, 2.24) is 0 Å². The third-order valence-corrected chi connectivity index (χ3v) is 3.76. The van der Waals surface area contributed by atoms with Crippen molar-refractivity contribution in [2.24, 2.45) is 0 Å². The summed E-state index contributed by atoms with van der Waals surface area (Å²) in [7, 11) is 0. The van der Waals surface area contributed by atoms with Crippen LogP contribution in [0, 0.1) is 5.82 Å². The summed E-state index contributed by atoms with van der Waals surface area (Å²) < 4.78 is 13.8. The van der Waals surface area contributed by atoms with Gasteiger partial charge in [0.25, 0.3) is 0 Å². The van der Waals surface area contributed by atoms with E-state index in [2.05, 4.69) is 6.07 Å². The average Bonchev–Trinajstić information content (AvgIpc) is 2.38. The van der Waals surface area contributed by atoms with E-state index in [1.54, 1.807) is 6.07 Å². The van der Waals surface area contributed by atoms with Gasteiger partial charge < -0.3 is 5.11 Å². The van der Waals surface area contributed by atoms with Gasteiger partial charge in [0.2, 0.25) is 0 Å². The lowest BCUT2D eigenvalue weighted by Crippen LogP contribution is -2.05. The highest BCUT2D eigenvalue weighted by Crippen LogP contribution is 2.33. The fourth-order valence-corrected chi connectivity index (χ4v) is 2.73. The van der Waals surface area contributed by atoms with Crippen molar-refractivity contribution in [3.8, 4) is 0 Å². The number of aryl methyl sites for hydroxylation is 1. The summed E-state index contributed by atoms with van der Waals surface area (Å²) >= 11 is 0. The van der Waals surface area contributed by atoms with E-state index in [0.717, 1.165) is 11.1 Å². The molecular weight excluding hydrogens is 215 g/mol. The lowest BCUT2D eigenvalue weighted by atomic mass is 9.83. The Kier molecular flexibility index (Phi) is 4.55. The molecule has 17 heavy (non-hydrogen) atoms. The highest BCUT2D eigenvalue weighted by Gasteiger charge is 2.16. The van der Waals surface area contributed by atoms with E-state index in [0.29, 0.717) is 18.8 Å². The molecule has 0 amide bonds. The Bertz CT molecular complexity index is 356. The molecule has 1 aliphatic rings. The summed E-state index contributed by atoms with van der Waals surface area (Å²) in [6, 6.07) is 5.68. The maximum absolute atomic E-state index is 13.8. The average molecular weight is 236 g/mol. The van der Waals surface area contributed by atoms with Gasteiger partial charge in [0.1, 0.15) is 5.82 Å². The number of halogens is 1. The smallest absolute Gasteiger partial charge is 0.126 e. The van der Waals surface area contributed by atoms with Crippen molar-refractivity contribution in [3.05, 3.63) is 35.1 Å². The molecule has 0 heterocycles. The first-order chi connectivity index (χ1) is 8.31. The summed E-state index contributed by atoms with van der Waals surface area (Å²) in [6.07, 6.45) is 7.56. The molecular formula is C15H21FO. The van der Waals surface area contributed by atoms with Crippen molar-refractivity contribution >= 4 is 0 Å². The third kappa shape index (κ3) is 3.29. The van der Waals surface area contributed by atoms with E-state index in [4.69, 9.17) is 5.11 Å². The Morgan fingerprint density at radius 3 is 2.59 bits per heavy atom. The second-order valence-electron chi connectivity index (χ2n) is 5.01. The van der Waals surface area contributed by atoms with Gasteiger partial charge in [-0.1, -0.05) is 31.4 Å². The SMILES string of the molecule is OCCCc1ccc(C2CCCCC2)cc1F. The second kappa shape index (κ2) is 6.15. The molecule has 1 aliphatic carbocycles. The topological polar surface area (TPSA) is 20.2 Å². The van der Waals surface area contributed by atoms with Gasteiger partial charge in [-0.05, 0) is 48.8 Å². The van der Waals surface area contributed by atoms with Gasteiger partial charge in [0, 0.05) is 6.61 Å². The molecule has 0 radical (unpaired) electrons. The molecule has 0 spiro atoms. The molecule has 1 saturated carbocycles. The molecule has 1 aromatic rings. The van der Waals surface area contributed by atoms with Gasteiger partial charge in [-0.25, -0.2) is 4.39 Å². The van der Waals surface area contributed by atoms with Crippen molar-refractivity contribution in [2.45, 2.75) is 50.9 Å². The minimum absolute atomic E-state index is 0.0958. The molecule has 1 nitrogen and oxygen atoms in total. The van der Waals surface area contributed by atoms with Crippen LogP contribution in [-0.4, -0.2) is 11.7 Å². The molecule has 0 atom stereocenters. The zero-order valence-electron chi connectivity index (χ0n) is 10.3. The van der Waals surface area contributed by atoms with Gasteiger partial charge in [-0.2, -0.15) is 0 Å². The van der Waals surface area contributed by atoms with Gasteiger partial charge in [0.15, 0.2) is 0 Å². The molecule has 2 heteroatoms. The molecule has 0 saturated heterocycles. The largest absolute Gasteiger partial charge is 0.396 e. The van der Waals surface area contributed by atoms with E-state index in [-0.39, 0.29) is 12.4 Å². The number of benzene rings is 1. The Balaban J connectivity index is 2.06. The quantitative estimate of drug-likeness (QED) is 0.843. The normalized spacial score (nSPS) is 17.3. The third-order valence-electron chi connectivity index (χ3n) is 3.76. The molecule has 1 aromatic carbocycles. The van der Waals surface area contributed by atoms with Crippen LogP contribution in [0.1, 0.15) is 55.6 Å². The number of hydrogen-bond acceptors (Lipinski definition) is 1. The minimum Gasteiger partial charge on any atom is -0.396 e. The van der Waals surface area contributed by atoms with Crippen molar-refractivity contribution in [2.75, 3.05) is 6.61 Å². The summed E-state index contributed by atoms with van der Waals surface area (Å²) in [5.41, 5.74) is 1.90. The molecule has 0 unspecified atom stereocenters. The number of hydrogen-bond donors (Lipinski definition) is 1. The Morgan fingerprint density at radius 1 is 1.18 bits per heavy atom. The fraction of sp³-hybridized carbons (Fsp3) is 0.600. The minimum atomic E-state index is -0.0958. The Labute approximate surface area is 103 Å². The van der Waals surface area contributed by atoms with Gasteiger partial charge >= 0.3 is 0 Å². The molecule has 0 aromatic heterocycles. The maximum atomic E-state index is 13.8. The van der Waals surface area contributed by atoms with E-state index in [1.165, 1.54) is 32.1 Å². The summed E-state index contributed by atoms with van der Waals surface area (Å²) in [4.78, 5) is 0. The number of aliphatic hydroxyl groups is 1. The fourth-order valence-electron chi connectivity index (χ4n) is 2.73. The van der Waals surface area contributed by atoms with E-state index in [9.17, 15) is 4.39 Å². The van der Waals surface area contributed by atoms with Crippen LogP contribution in [0.15, 0.2) is 18.2 Å². The van der Waals surface area contributed by atoms with Crippen LogP contribution < -0.4 is 0 Å². The van der Waals surface area contributed by atoms with Gasteiger partial charge in [0.05, 0.1) is 0 Å².